The molecule has 0 atom stereocenters. The second-order valence-corrected chi connectivity index (χ2v) is 4.85. The zero-order valence-electron chi connectivity index (χ0n) is 10.5. The van der Waals surface area contributed by atoms with Gasteiger partial charge in [-0.25, -0.2) is 0 Å². The van der Waals surface area contributed by atoms with Crippen LogP contribution in [-0.2, 0) is 6.61 Å². The summed E-state index contributed by atoms with van der Waals surface area (Å²) in [7, 11) is 0. The standard InChI is InChI=1S/C15H12ClNO3/c16-11-3-1-2-10(6-11)8-19-12-4-5-13-14(17-18)9-20-15(13)7-12/h1-7,18H,8-9H2. The molecule has 3 rings (SSSR count). The molecular formula is C15H12ClNO3. The van der Waals surface area contributed by atoms with Crippen LogP contribution < -0.4 is 9.47 Å². The van der Waals surface area contributed by atoms with Crippen LogP contribution in [0.2, 0.25) is 5.02 Å². The highest BCUT2D eigenvalue weighted by molar-refractivity contribution is 6.30. The van der Waals surface area contributed by atoms with E-state index in [2.05, 4.69) is 5.16 Å². The van der Waals surface area contributed by atoms with Gasteiger partial charge in [0.15, 0.2) is 0 Å². The number of hydrogen-bond donors (Lipinski definition) is 1. The average molecular weight is 290 g/mol. The zero-order valence-corrected chi connectivity index (χ0v) is 11.3. The topological polar surface area (TPSA) is 51.1 Å². The first-order chi connectivity index (χ1) is 9.76. The van der Waals surface area contributed by atoms with Crippen LogP contribution in [-0.4, -0.2) is 17.5 Å². The summed E-state index contributed by atoms with van der Waals surface area (Å²) in [5.41, 5.74) is 2.32. The zero-order chi connectivity index (χ0) is 13.9. The molecule has 0 bridgehead atoms. The van der Waals surface area contributed by atoms with Crippen molar-refractivity contribution in [2.24, 2.45) is 5.16 Å². The molecule has 4 nitrogen and oxygen atoms in total. The lowest BCUT2D eigenvalue weighted by molar-refractivity contribution is 0.302. The van der Waals surface area contributed by atoms with Gasteiger partial charge in [-0.05, 0) is 29.8 Å². The summed E-state index contributed by atoms with van der Waals surface area (Å²) >= 11 is 5.92. The smallest absolute Gasteiger partial charge is 0.134 e. The van der Waals surface area contributed by atoms with Gasteiger partial charge in [-0.3, -0.25) is 0 Å². The second-order valence-electron chi connectivity index (χ2n) is 4.41. The third kappa shape index (κ3) is 2.56. The van der Waals surface area contributed by atoms with Gasteiger partial charge in [0, 0.05) is 16.7 Å². The highest BCUT2D eigenvalue weighted by atomic mass is 35.5. The van der Waals surface area contributed by atoms with Gasteiger partial charge in [-0.15, -0.1) is 0 Å². The molecule has 1 aliphatic rings. The van der Waals surface area contributed by atoms with E-state index in [0.29, 0.717) is 28.8 Å². The van der Waals surface area contributed by atoms with Crippen molar-refractivity contribution >= 4 is 17.3 Å². The van der Waals surface area contributed by atoms with Crippen LogP contribution in [0, 0.1) is 0 Å². The number of halogens is 1. The largest absolute Gasteiger partial charge is 0.489 e. The molecule has 0 aromatic heterocycles. The minimum atomic E-state index is 0.281. The molecule has 0 amide bonds. The van der Waals surface area contributed by atoms with Gasteiger partial charge in [0.2, 0.25) is 0 Å². The van der Waals surface area contributed by atoms with Gasteiger partial charge in [0.25, 0.3) is 0 Å². The Morgan fingerprint density at radius 2 is 2.15 bits per heavy atom. The number of nitrogens with zero attached hydrogens (tertiary/aromatic N) is 1. The van der Waals surface area contributed by atoms with Crippen LogP contribution in [0.5, 0.6) is 11.5 Å². The van der Waals surface area contributed by atoms with E-state index in [0.717, 1.165) is 11.1 Å². The summed E-state index contributed by atoms with van der Waals surface area (Å²) in [5, 5.41) is 12.7. The van der Waals surface area contributed by atoms with Crippen molar-refractivity contribution in [1.29, 1.82) is 0 Å². The van der Waals surface area contributed by atoms with Crippen LogP contribution in [0.3, 0.4) is 0 Å². The van der Waals surface area contributed by atoms with E-state index in [-0.39, 0.29) is 6.61 Å². The first-order valence-electron chi connectivity index (χ1n) is 6.11. The molecule has 0 aliphatic carbocycles. The molecule has 20 heavy (non-hydrogen) atoms. The molecule has 0 saturated heterocycles. The molecule has 2 aromatic rings. The fraction of sp³-hybridized carbons (Fsp3) is 0.133. The molecule has 5 heteroatoms. The molecule has 0 fully saturated rings. The summed E-state index contributed by atoms with van der Waals surface area (Å²) in [4.78, 5) is 0. The van der Waals surface area contributed by atoms with E-state index in [4.69, 9.17) is 26.3 Å². The Kier molecular flexibility index (Phi) is 3.48. The van der Waals surface area contributed by atoms with Gasteiger partial charge in [-0.1, -0.05) is 28.9 Å². The fourth-order valence-corrected chi connectivity index (χ4v) is 2.26. The quantitative estimate of drug-likeness (QED) is 0.695. The monoisotopic (exact) mass is 289 g/mol. The highest BCUT2D eigenvalue weighted by Crippen LogP contribution is 2.30. The SMILES string of the molecule is ON=C1COc2cc(OCc3cccc(Cl)c3)ccc21. The van der Waals surface area contributed by atoms with Crippen molar-refractivity contribution < 1.29 is 14.7 Å². The molecule has 0 saturated carbocycles. The minimum absolute atomic E-state index is 0.281. The lowest BCUT2D eigenvalue weighted by Crippen LogP contribution is -2.01. The molecule has 1 heterocycles. The second kappa shape index (κ2) is 5.43. The Morgan fingerprint density at radius 1 is 1.25 bits per heavy atom. The van der Waals surface area contributed by atoms with Crippen molar-refractivity contribution in [3.8, 4) is 11.5 Å². The summed E-state index contributed by atoms with van der Waals surface area (Å²) in [6.45, 7) is 0.712. The van der Waals surface area contributed by atoms with Crippen molar-refractivity contribution in [3.05, 3.63) is 58.6 Å². The van der Waals surface area contributed by atoms with Gasteiger partial charge in [0.1, 0.15) is 30.4 Å². The Bertz CT molecular complexity index is 670. The van der Waals surface area contributed by atoms with E-state index in [9.17, 15) is 0 Å². The van der Waals surface area contributed by atoms with Crippen molar-refractivity contribution in [1.82, 2.24) is 0 Å². The number of hydrogen-bond acceptors (Lipinski definition) is 4. The maximum atomic E-state index is 8.82. The molecule has 2 aromatic carbocycles. The maximum absolute atomic E-state index is 8.82. The van der Waals surface area contributed by atoms with E-state index in [1.165, 1.54) is 0 Å². The molecule has 0 spiro atoms. The molecular weight excluding hydrogens is 278 g/mol. The minimum Gasteiger partial charge on any atom is -0.489 e. The van der Waals surface area contributed by atoms with E-state index < -0.39 is 0 Å². The van der Waals surface area contributed by atoms with Crippen LogP contribution in [0.15, 0.2) is 47.6 Å². The predicted molar refractivity (Wildman–Crippen MR) is 76.0 cm³/mol. The molecule has 0 unspecified atom stereocenters. The van der Waals surface area contributed by atoms with Gasteiger partial charge < -0.3 is 14.7 Å². The van der Waals surface area contributed by atoms with Crippen LogP contribution in [0.4, 0.5) is 0 Å². The van der Waals surface area contributed by atoms with E-state index in [1.54, 1.807) is 6.07 Å². The Balaban J connectivity index is 1.73. The normalized spacial score (nSPS) is 14.9. The summed E-state index contributed by atoms with van der Waals surface area (Å²) in [6.07, 6.45) is 0. The first-order valence-corrected chi connectivity index (χ1v) is 6.49. The molecule has 1 aliphatic heterocycles. The first kappa shape index (κ1) is 12.8. The number of rotatable bonds is 3. The van der Waals surface area contributed by atoms with Crippen LogP contribution >= 0.6 is 11.6 Å². The molecule has 1 N–H and O–H groups in total. The number of benzene rings is 2. The Morgan fingerprint density at radius 3 is 2.95 bits per heavy atom. The lowest BCUT2D eigenvalue weighted by Gasteiger charge is -2.08. The van der Waals surface area contributed by atoms with Crippen LogP contribution in [0.1, 0.15) is 11.1 Å². The maximum Gasteiger partial charge on any atom is 0.134 e. The molecule has 102 valence electrons. The van der Waals surface area contributed by atoms with Crippen LogP contribution in [0.25, 0.3) is 0 Å². The van der Waals surface area contributed by atoms with Crippen molar-refractivity contribution in [2.75, 3.05) is 6.61 Å². The fourth-order valence-electron chi connectivity index (χ4n) is 2.05. The lowest BCUT2D eigenvalue weighted by atomic mass is 10.1. The third-order valence-electron chi connectivity index (χ3n) is 3.04. The number of oxime groups is 1. The summed E-state index contributed by atoms with van der Waals surface area (Å²) < 4.78 is 11.1. The van der Waals surface area contributed by atoms with E-state index in [1.807, 2.05) is 36.4 Å². The van der Waals surface area contributed by atoms with Gasteiger partial charge in [-0.2, -0.15) is 0 Å². The predicted octanol–water partition coefficient (Wildman–Crippen LogP) is 3.49. The number of ether oxygens (including phenoxy) is 2. The Hall–Kier alpha value is -2.20. The number of fused-ring (bicyclic) bond motifs is 1. The average Bonchev–Trinajstić information content (AvgIpc) is 2.87. The van der Waals surface area contributed by atoms with Crippen molar-refractivity contribution in [3.63, 3.8) is 0 Å². The van der Waals surface area contributed by atoms with Crippen molar-refractivity contribution in [2.45, 2.75) is 6.61 Å². The van der Waals surface area contributed by atoms with E-state index >= 15 is 0 Å². The molecule has 0 radical (unpaired) electrons. The Labute approximate surface area is 121 Å². The summed E-state index contributed by atoms with van der Waals surface area (Å²) in [6, 6.07) is 13.0. The highest BCUT2D eigenvalue weighted by Gasteiger charge is 2.20. The van der Waals surface area contributed by atoms with Gasteiger partial charge in [0.05, 0.1) is 0 Å². The summed E-state index contributed by atoms with van der Waals surface area (Å²) in [5.74, 6) is 1.37. The van der Waals surface area contributed by atoms with Gasteiger partial charge >= 0.3 is 0 Å². The third-order valence-corrected chi connectivity index (χ3v) is 3.28.